The Morgan fingerprint density at radius 3 is 2.71 bits per heavy atom. The Morgan fingerprint density at radius 1 is 1.29 bits per heavy atom. The molecule has 3 rings (SSSR count). The highest BCUT2D eigenvalue weighted by atomic mass is 16.5. The van der Waals surface area contributed by atoms with Gasteiger partial charge in [0.25, 0.3) is 0 Å². The molecule has 1 heterocycles. The Hall–Kier alpha value is -3.46. The second kappa shape index (κ2) is 5.63. The van der Waals surface area contributed by atoms with Crippen molar-refractivity contribution in [3.8, 4) is 17.5 Å². The van der Waals surface area contributed by atoms with E-state index in [0.717, 1.165) is 10.9 Å². The van der Waals surface area contributed by atoms with Gasteiger partial charge in [-0.3, -0.25) is 0 Å². The van der Waals surface area contributed by atoms with Crippen LogP contribution in [0.5, 0.6) is 5.75 Å². The lowest BCUT2D eigenvalue weighted by Crippen LogP contribution is -2.11. The summed E-state index contributed by atoms with van der Waals surface area (Å²) in [6, 6.07) is 10.9. The Morgan fingerprint density at radius 2 is 2.04 bits per heavy atom. The van der Waals surface area contributed by atoms with Crippen LogP contribution < -0.4 is 5.73 Å². The van der Waals surface area contributed by atoms with Crippen molar-refractivity contribution in [1.82, 2.24) is 4.57 Å². The van der Waals surface area contributed by atoms with Crippen molar-refractivity contribution in [2.75, 3.05) is 12.8 Å². The van der Waals surface area contributed by atoms with Crippen molar-refractivity contribution in [1.29, 1.82) is 5.26 Å². The van der Waals surface area contributed by atoms with Gasteiger partial charge in [0.05, 0.1) is 24.0 Å². The fourth-order valence-electron chi connectivity index (χ4n) is 2.75. The van der Waals surface area contributed by atoms with Crippen LogP contribution in [0.15, 0.2) is 36.5 Å². The second-order valence-electron chi connectivity index (χ2n) is 5.38. The fourth-order valence-corrected chi connectivity index (χ4v) is 2.75. The molecule has 2 aromatic carbocycles. The van der Waals surface area contributed by atoms with Gasteiger partial charge in [0.2, 0.25) is 0 Å². The number of aromatic nitrogens is 1. The van der Waals surface area contributed by atoms with E-state index in [9.17, 15) is 15.2 Å². The summed E-state index contributed by atoms with van der Waals surface area (Å²) < 4.78 is 6.32. The maximum Gasteiger partial charge on any atom is 0.357 e. The van der Waals surface area contributed by atoms with Gasteiger partial charge in [0, 0.05) is 17.0 Å². The minimum atomic E-state index is -0.637. The predicted octanol–water partition coefficient (Wildman–Crippen LogP) is 2.89. The number of carbonyl (C=O) groups is 1. The quantitative estimate of drug-likeness (QED) is 0.707. The van der Waals surface area contributed by atoms with Crippen LogP contribution in [-0.2, 0) is 4.74 Å². The number of ether oxygens (including phenoxy) is 1. The molecule has 3 aromatic rings. The Kier molecular flexibility index (Phi) is 3.62. The Balaban J connectivity index is 2.39. The molecule has 3 N–H and O–H groups in total. The third kappa shape index (κ3) is 2.15. The fraction of sp³-hybridized carbons (Fsp3) is 0.111. The van der Waals surface area contributed by atoms with Crippen molar-refractivity contribution in [2.24, 2.45) is 0 Å². The summed E-state index contributed by atoms with van der Waals surface area (Å²) in [4.78, 5) is 12.1. The lowest BCUT2D eigenvalue weighted by molar-refractivity contribution is 0.0593. The smallest absolute Gasteiger partial charge is 0.357 e. The van der Waals surface area contributed by atoms with Crippen LogP contribution in [0, 0.1) is 18.3 Å². The number of phenols is 1. The summed E-state index contributed by atoms with van der Waals surface area (Å²) in [6.45, 7) is 1.81. The van der Waals surface area contributed by atoms with Crippen LogP contribution in [0.25, 0.3) is 16.5 Å². The lowest BCUT2D eigenvalue weighted by atomic mass is 10.0. The molecule has 0 spiro atoms. The number of aromatic hydroxyl groups is 1. The van der Waals surface area contributed by atoms with Gasteiger partial charge in [0.15, 0.2) is 5.69 Å². The van der Waals surface area contributed by atoms with E-state index in [1.807, 2.05) is 19.1 Å². The summed E-state index contributed by atoms with van der Waals surface area (Å²) in [5.74, 6) is -0.461. The third-order valence-corrected chi connectivity index (χ3v) is 4.01. The van der Waals surface area contributed by atoms with Gasteiger partial charge in [0.1, 0.15) is 11.8 Å². The highest BCUT2D eigenvalue weighted by Gasteiger charge is 2.22. The molecule has 1 aromatic heterocycles. The van der Waals surface area contributed by atoms with Crippen molar-refractivity contribution in [3.63, 3.8) is 0 Å². The maximum atomic E-state index is 12.1. The van der Waals surface area contributed by atoms with Crippen LogP contribution >= 0.6 is 0 Å². The SMILES string of the molecule is COC(=O)c1c(N)c(C#N)cn1-c1cccc2c(O)c(C)ccc12. The molecular formula is C18H15N3O3. The number of methoxy groups -OCH3 is 1. The molecule has 0 aliphatic heterocycles. The Labute approximate surface area is 138 Å². The van der Waals surface area contributed by atoms with Gasteiger partial charge >= 0.3 is 5.97 Å². The number of hydrogen-bond donors (Lipinski definition) is 2. The molecule has 0 radical (unpaired) electrons. The van der Waals surface area contributed by atoms with Crippen molar-refractivity contribution in [2.45, 2.75) is 6.92 Å². The van der Waals surface area contributed by atoms with E-state index < -0.39 is 5.97 Å². The summed E-state index contributed by atoms with van der Waals surface area (Å²) in [5, 5.41) is 20.9. The van der Waals surface area contributed by atoms with Crippen LogP contribution in [0.4, 0.5) is 5.69 Å². The van der Waals surface area contributed by atoms with Crippen molar-refractivity contribution in [3.05, 3.63) is 53.3 Å². The molecular weight excluding hydrogens is 306 g/mol. The molecule has 0 fully saturated rings. The molecule has 0 atom stereocenters. The number of fused-ring (bicyclic) bond motifs is 1. The first kappa shape index (κ1) is 15.4. The standard InChI is InChI=1S/C18H15N3O3/c1-10-6-7-12-13(17(10)22)4-3-5-14(12)21-9-11(8-19)15(20)16(21)18(23)24-2/h3-7,9,22H,20H2,1-2H3. The topological polar surface area (TPSA) is 101 Å². The van der Waals surface area contributed by atoms with Crippen molar-refractivity contribution < 1.29 is 14.6 Å². The number of benzene rings is 2. The molecule has 0 saturated carbocycles. The van der Waals surface area contributed by atoms with Crippen molar-refractivity contribution >= 4 is 22.4 Å². The average Bonchev–Trinajstić information content (AvgIpc) is 2.93. The Bertz CT molecular complexity index is 1010. The number of nitrogens with two attached hydrogens (primary N) is 1. The molecule has 0 amide bonds. The maximum absolute atomic E-state index is 12.1. The summed E-state index contributed by atoms with van der Waals surface area (Å²) >= 11 is 0. The highest BCUT2D eigenvalue weighted by molar-refractivity contribution is 5.99. The van der Waals surface area contributed by atoms with Crippen LogP contribution in [-0.4, -0.2) is 22.8 Å². The molecule has 0 aliphatic rings. The number of aryl methyl sites for hydroxylation is 1. The molecule has 0 aliphatic carbocycles. The number of esters is 1. The number of nitriles is 1. The zero-order valence-corrected chi connectivity index (χ0v) is 13.2. The van der Waals surface area contributed by atoms with Crippen LogP contribution in [0.1, 0.15) is 21.6 Å². The van der Waals surface area contributed by atoms with Gasteiger partial charge < -0.3 is 20.1 Å². The molecule has 6 nitrogen and oxygen atoms in total. The third-order valence-electron chi connectivity index (χ3n) is 4.01. The number of hydrogen-bond acceptors (Lipinski definition) is 5. The number of nitrogen functional groups attached to an aromatic ring is 1. The zero-order chi connectivity index (χ0) is 17.4. The molecule has 120 valence electrons. The van der Waals surface area contributed by atoms with Gasteiger partial charge in [-0.2, -0.15) is 5.26 Å². The lowest BCUT2D eigenvalue weighted by Gasteiger charge is -2.13. The number of anilines is 1. The first-order chi connectivity index (χ1) is 11.5. The average molecular weight is 321 g/mol. The normalized spacial score (nSPS) is 10.5. The van der Waals surface area contributed by atoms with E-state index in [0.29, 0.717) is 11.1 Å². The van der Waals surface area contributed by atoms with Gasteiger partial charge in [-0.15, -0.1) is 0 Å². The summed E-state index contributed by atoms with van der Waals surface area (Å²) in [7, 11) is 1.25. The first-order valence-electron chi connectivity index (χ1n) is 7.20. The van der Waals surface area contributed by atoms with Gasteiger partial charge in [-0.1, -0.05) is 24.3 Å². The van der Waals surface area contributed by atoms with E-state index in [1.54, 1.807) is 24.3 Å². The second-order valence-corrected chi connectivity index (χ2v) is 5.38. The highest BCUT2D eigenvalue weighted by Crippen LogP contribution is 2.34. The molecule has 0 unspecified atom stereocenters. The van der Waals surface area contributed by atoms with E-state index in [-0.39, 0.29) is 22.7 Å². The summed E-state index contributed by atoms with van der Waals surface area (Å²) in [5.41, 5.74) is 7.64. The van der Waals surface area contributed by atoms with E-state index in [2.05, 4.69) is 0 Å². The van der Waals surface area contributed by atoms with Crippen LogP contribution in [0.3, 0.4) is 0 Å². The number of rotatable bonds is 2. The molecule has 6 heteroatoms. The van der Waals surface area contributed by atoms with E-state index in [4.69, 9.17) is 10.5 Å². The van der Waals surface area contributed by atoms with E-state index in [1.165, 1.54) is 17.9 Å². The number of nitrogens with zero attached hydrogens (tertiary/aromatic N) is 2. The van der Waals surface area contributed by atoms with Gasteiger partial charge in [-0.05, 0) is 18.6 Å². The molecule has 0 saturated heterocycles. The zero-order valence-electron chi connectivity index (χ0n) is 13.2. The predicted molar refractivity (Wildman–Crippen MR) is 90.1 cm³/mol. The minimum Gasteiger partial charge on any atom is -0.507 e. The monoisotopic (exact) mass is 321 g/mol. The molecule has 0 bridgehead atoms. The molecule has 24 heavy (non-hydrogen) atoms. The number of carbonyl (C=O) groups excluding carboxylic acids is 1. The first-order valence-corrected chi connectivity index (χ1v) is 7.20. The largest absolute Gasteiger partial charge is 0.507 e. The summed E-state index contributed by atoms with van der Waals surface area (Å²) in [6.07, 6.45) is 1.49. The van der Waals surface area contributed by atoms with E-state index >= 15 is 0 Å². The minimum absolute atomic E-state index is 0.0673. The number of phenolic OH excluding ortho intramolecular Hbond substituents is 1. The van der Waals surface area contributed by atoms with Crippen LogP contribution in [0.2, 0.25) is 0 Å². The van der Waals surface area contributed by atoms with Gasteiger partial charge in [-0.25, -0.2) is 4.79 Å².